The molecule has 0 bridgehead atoms. The molecule has 0 aliphatic carbocycles. The zero-order chi connectivity index (χ0) is 27.4. The first-order valence-electron chi connectivity index (χ1n) is 12.3. The molecule has 0 amide bonds. The van der Waals surface area contributed by atoms with E-state index in [0.29, 0.717) is 55.7 Å². The van der Waals surface area contributed by atoms with Gasteiger partial charge in [0.25, 0.3) is 0 Å². The maximum Gasteiger partial charge on any atom is 0.338 e. The van der Waals surface area contributed by atoms with Crippen LogP contribution in [0.4, 0.5) is 5.95 Å². The van der Waals surface area contributed by atoms with Gasteiger partial charge in [-0.25, -0.2) is 9.48 Å². The largest absolute Gasteiger partial charge is 0.490 e. The van der Waals surface area contributed by atoms with E-state index in [1.165, 1.54) is 11.8 Å². The molecular weight excluding hydrogens is 592 g/mol. The number of fused-ring (bicyclic) bond motifs is 1. The Bertz CT molecular complexity index is 1360. The number of nitrogens with one attached hydrogen (secondary N) is 1. The Morgan fingerprint density at radius 1 is 1.24 bits per heavy atom. The van der Waals surface area contributed by atoms with Gasteiger partial charge in [0.1, 0.15) is 6.04 Å². The molecule has 38 heavy (non-hydrogen) atoms. The molecule has 2 heterocycles. The average Bonchev–Trinajstić information content (AvgIpc) is 3.27. The highest BCUT2D eigenvalue weighted by atomic mass is 79.9. The topological polar surface area (TPSA) is 87.5 Å². The van der Waals surface area contributed by atoms with E-state index >= 15 is 0 Å². The first-order valence-corrected chi connectivity index (χ1v) is 14.5. The number of halogens is 2. The van der Waals surface area contributed by atoms with Crippen LogP contribution in [0.1, 0.15) is 51.8 Å². The molecule has 1 N–H and O–H groups in total. The lowest BCUT2D eigenvalue weighted by Gasteiger charge is -2.29. The molecule has 0 radical (unpaired) electrons. The lowest BCUT2D eigenvalue weighted by atomic mass is 9.95. The van der Waals surface area contributed by atoms with Gasteiger partial charge in [-0.05, 0) is 79.9 Å². The van der Waals surface area contributed by atoms with Crippen molar-refractivity contribution in [2.75, 3.05) is 18.5 Å². The van der Waals surface area contributed by atoms with E-state index < -0.39 is 12.0 Å². The number of carbonyl (C=O) groups is 1. The second kappa shape index (κ2) is 12.4. The van der Waals surface area contributed by atoms with Crippen molar-refractivity contribution in [1.29, 1.82) is 0 Å². The number of hydrogen-bond acceptors (Lipinski definition) is 8. The zero-order valence-corrected chi connectivity index (χ0v) is 25.0. The van der Waals surface area contributed by atoms with Gasteiger partial charge in [-0.15, -0.1) is 5.10 Å². The molecular formula is C27H30BrClN4O4S. The molecule has 2 aromatic carbocycles. The number of benzene rings is 2. The number of carbonyl (C=O) groups excluding carboxylic acids is 1. The molecule has 8 nitrogen and oxygen atoms in total. The van der Waals surface area contributed by atoms with Crippen LogP contribution in [0.3, 0.4) is 0 Å². The Labute approximate surface area is 240 Å². The highest BCUT2D eigenvalue weighted by Crippen LogP contribution is 2.44. The Morgan fingerprint density at radius 3 is 2.68 bits per heavy atom. The van der Waals surface area contributed by atoms with E-state index in [-0.39, 0.29) is 12.7 Å². The van der Waals surface area contributed by atoms with E-state index in [2.05, 4.69) is 21.2 Å². The van der Waals surface area contributed by atoms with Crippen molar-refractivity contribution in [1.82, 2.24) is 14.8 Å². The third-order valence-electron chi connectivity index (χ3n) is 5.64. The van der Waals surface area contributed by atoms with E-state index in [1.807, 2.05) is 64.1 Å². The fourth-order valence-electron chi connectivity index (χ4n) is 4.09. The number of aromatic nitrogens is 3. The second-order valence-electron chi connectivity index (χ2n) is 8.76. The normalized spacial score (nSPS) is 14.8. The van der Waals surface area contributed by atoms with E-state index in [9.17, 15) is 4.79 Å². The molecule has 0 spiro atoms. The summed E-state index contributed by atoms with van der Waals surface area (Å²) in [6, 6.07) is 10.9. The van der Waals surface area contributed by atoms with Crippen molar-refractivity contribution in [3.63, 3.8) is 0 Å². The molecule has 1 atom stereocenters. The summed E-state index contributed by atoms with van der Waals surface area (Å²) in [5.74, 6) is 1.88. The van der Waals surface area contributed by atoms with Gasteiger partial charge in [0.05, 0.1) is 29.4 Å². The minimum absolute atomic E-state index is 0.0490. The molecule has 3 aromatic rings. The van der Waals surface area contributed by atoms with Gasteiger partial charge in [0, 0.05) is 16.5 Å². The van der Waals surface area contributed by atoms with Crippen LogP contribution in [0.25, 0.3) is 0 Å². The van der Waals surface area contributed by atoms with Crippen LogP contribution >= 0.6 is 39.3 Å². The van der Waals surface area contributed by atoms with Crippen LogP contribution in [0.2, 0.25) is 5.02 Å². The van der Waals surface area contributed by atoms with E-state index in [0.717, 1.165) is 11.1 Å². The predicted octanol–water partition coefficient (Wildman–Crippen LogP) is 7.02. The standard InChI is InChI=1S/C27H30BrClN4O4S/c1-6-35-21-13-18(12-19(28)24(21)37-15(3)4)23-22(25(34)36-7-2)16(5)30-26-31-27(32-33(23)26)38-14-17-10-8-9-11-20(17)29/h8-13,15,23H,6-7,14H2,1-5H3,(H,30,31,32). The Kier molecular flexibility index (Phi) is 9.27. The van der Waals surface area contributed by atoms with Gasteiger partial charge in [-0.2, -0.15) is 4.98 Å². The maximum atomic E-state index is 13.2. The third-order valence-corrected chi connectivity index (χ3v) is 7.49. The summed E-state index contributed by atoms with van der Waals surface area (Å²) in [6.07, 6.45) is -0.0490. The second-order valence-corrected chi connectivity index (χ2v) is 11.0. The van der Waals surface area contributed by atoms with Gasteiger partial charge >= 0.3 is 5.97 Å². The lowest BCUT2D eigenvalue weighted by molar-refractivity contribution is -0.139. The number of allylic oxidation sites excluding steroid dienone is 1. The molecule has 1 aromatic heterocycles. The number of esters is 1. The van der Waals surface area contributed by atoms with Gasteiger partial charge in [-0.1, -0.05) is 41.6 Å². The molecule has 1 aliphatic rings. The van der Waals surface area contributed by atoms with Crippen molar-refractivity contribution in [2.45, 2.75) is 57.7 Å². The van der Waals surface area contributed by atoms with E-state index in [1.54, 1.807) is 11.6 Å². The van der Waals surface area contributed by atoms with Crippen LogP contribution in [-0.2, 0) is 15.3 Å². The smallest absolute Gasteiger partial charge is 0.338 e. The number of ether oxygens (including phenoxy) is 3. The van der Waals surface area contributed by atoms with E-state index in [4.69, 9.17) is 35.9 Å². The van der Waals surface area contributed by atoms with Crippen LogP contribution in [0.15, 0.2) is 57.3 Å². The summed E-state index contributed by atoms with van der Waals surface area (Å²) >= 11 is 11.5. The number of anilines is 1. The summed E-state index contributed by atoms with van der Waals surface area (Å²) in [6.45, 7) is 10.1. The molecule has 1 aliphatic heterocycles. The number of hydrogen-bond donors (Lipinski definition) is 1. The number of thioether (sulfide) groups is 1. The number of rotatable bonds is 10. The Balaban J connectivity index is 1.79. The highest BCUT2D eigenvalue weighted by Gasteiger charge is 2.36. The van der Waals surface area contributed by atoms with Crippen molar-refractivity contribution in [3.8, 4) is 11.5 Å². The predicted molar refractivity (Wildman–Crippen MR) is 153 cm³/mol. The fourth-order valence-corrected chi connectivity index (χ4v) is 5.76. The molecule has 0 fully saturated rings. The van der Waals surface area contributed by atoms with Crippen LogP contribution in [-0.4, -0.2) is 40.1 Å². The Morgan fingerprint density at radius 2 is 2.00 bits per heavy atom. The zero-order valence-electron chi connectivity index (χ0n) is 21.9. The van der Waals surface area contributed by atoms with Gasteiger partial charge < -0.3 is 19.5 Å². The molecule has 0 saturated heterocycles. The lowest BCUT2D eigenvalue weighted by Crippen LogP contribution is -2.29. The van der Waals surface area contributed by atoms with Crippen LogP contribution < -0.4 is 14.8 Å². The van der Waals surface area contributed by atoms with Crippen molar-refractivity contribution in [3.05, 3.63) is 68.3 Å². The van der Waals surface area contributed by atoms with Crippen molar-refractivity contribution < 1.29 is 19.0 Å². The quantitative estimate of drug-likeness (QED) is 0.191. The summed E-state index contributed by atoms with van der Waals surface area (Å²) in [7, 11) is 0. The summed E-state index contributed by atoms with van der Waals surface area (Å²) < 4.78 is 19.8. The maximum absolute atomic E-state index is 13.2. The Hall–Kier alpha value is -2.69. The minimum atomic E-state index is -0.601. The molecule has 4 rings (SSSR count). The van der Waals surface area contributed by atoms with Gasteiger partial charge in [-0.3, -0.25) is 0 Å². The average molecular weight is 622 g/mol. The van der Waals surface area contributed by atoms with Gasteiger partial charge in [0.2, 0.25) is 11.1 Å². The van der Waals surface area contributed by atoms with Crippen molar-refractivity contribution in [2.24, 2.45) is 0 Å². The van der Waals surface area contributed by atoms with Crippen LogP contribution in [0, 0.1) is 0 Å². The first-order chi connectivity index (χ1) is 18.2. The summed E-state index contributed by atoms with van der Waals surface area (Å²) in [5, 5.41) is 9.27. The SMILES string of the molecule is CCOC(=O)C1=C(C)Nc2nc(SCc3ccccc3Cl)nn2C1c1cc(Br)c(OC(C)C)c(OCC)c1. The van der Waals surface area contributed by atoms with Crippen molar-refractivity contribution >= 4 is 51.2 Å². The molecule has 1 unspecified atom stereocenters. The summed E-state index contributed by atoms with van der Waals surface area (Å²) in [4.78, 5) is 17.9. The molecule has 202 valence electrons. The molecule has 0 saturated carbocycles. The number of nitrogens with zero attached hydrogens (tertiary/aromatic N) is 3. The highest BCUT2D eigenvalue weighted by molar-refractivity contribution is 9.10. The third kappa shape index (κ3) is 6.13. The van der Waals surface area contributed by atoms with Crippen LogP contribution in [0.5, 0.6) is 11.5 Å². The first kappa shape index (κ1) is 28.3. The summed E-state index contributed by atoms with van der Waals surface area (Å²) in [5.41, 5.74) is 2.85. The molecule has 11 heteroatoms. The monoisotopic (exact) mass is 620 g/mol. The minimum Gasteiger partial charge on any atom is -0.490 e. The fraction of sp³-hybridized carbons (Fsp3) is 0.370. The van der Waals surface area contributed by atoms with Gasteiger partial charge in [0.15, 0.2) is 11.5 Å².